The average molecular weight is 427 g/mol. The number of carbonyl (C=O) groups is 2. The number of ether oxygens (including phenoxy) is 1. The van der Waals surface area contributed by atoms with Gasteiger partial charge in [0.2, 0.25) is 5.91 Å². The molecule has 0 bridgehead atoms. The van der Waals surface area contributed by atoms with Gasteiger partial charge in [0.1, 0.15) is 18.4 Å². The van der Waals surface area contributed by atoms with Crippen molar-refractivity contribution < 1.29 is 14.3 Å². The molecule has 0 heterocycles. The van der Waals surface area contributed by atoms with E-state index in [4.69, 9.17) is 4.74 Å². The van der Waals surface area contributed by atoms with E-state index in [1.807, 2.05) is 37.4 Å². The summed E-state index contributed by atoms with van der Waals surface area (Å²) in [5.74, 6) is 1.23. The molecule has 0 fully saturated rings. The smallest absolute Gasteiger partial charge is 0.251 e. The number of fused-ring (bicyclic) bond motifs is 1. The number of rotatable bonds is 10. The van der Waals surface area contributed by atoms with Crippen molar-refractivity contribution in [2.24, 2.45) is 0 Å². The predicted molar refractivity (Wildman–Crippen MR) is 122 cm³/mol. The molecule has 2 aromatic carbocycles. The molecule has 1 aliphatic carbocycles. The van der Waals surface area contributed by atoms with Gasteiger partial charge in [-0.3, -0.25) is 9.59 Å². The van der Waals surface area contributed by atoms with E-state index in [0.717, 1.165) is 29.9 Å². The minimum atomic E-state index is -0.564. The minimum Gasteiger partial charge on any atom is -0.492 e. The zero-order chi connectivity index (χ0) is 21.3. The molecule has 0 saturated heterocycles. The van der Waals surface area contributed by atoms with E-state index >= 15 is 0 Å². The van der Waals surface area contributed by atoms with Crippen LogP contribution in [0.3, 0.4) is 0 Å². The quantitative estimate of drug-likeness (QED) is 0.571. The van der Waals surface area contributed by atoms with Crippen LogP contribution in [0.2, 0.25) is 0 Å². The first-order valence-corrected chi connectivity index (χ1v) is 11.8. The number of hydrogen-bond acceptors (Lipinski definition) is 4. The van der Waals surface area contributed by atoms with Crippen molar-refractivity contribution in [1.29, 1.82) is 0 Å². The monoisotopic (exact) mass is 426 g/mol. The summed E-state index contributed by atoms with van der Waals surface area (Å²) in [4.78, 5) is 25.2. The third kappa shape index (κ3) is 6.26. The fraction of sp³-hybridized carbons (Fsp3) is 0.417. The van der Waals surface area contributed by atoms with Crippen LogP contribution in [0.5, 0.6) is 5.75 Å². The summed E-state index contributed by atoms with van der Waals surface area (Å²) in [6.45, 7) is 2.73. The van der Waals surface area contributed by atoms with Crippen LogP contribution in [0, 0.1) is 6.92 Å². The Balaban J connectivity index is 1.48. The maximum absolute atomic E-state index is 12.7. The summed E-state index contributed by atoms with van der Waals surface area (Å²) in [5.41, 5.74) is 4.36. The predicted octanol–water partition coefficient (Wildman–Crippen LogP) is 3.53. The van der Waals surface area contributed by atoms with Gasteiger partial charge in [0.25, 0.3) is 5.91 Å². The molecule has 5 nitrogen and oxygen atoms in total. The zero-order valence-corrected chi connectivity index (χ0v) is 18.5. The van der Waals surface area contributed by atoms with Gasteiger partial charge in [0, 0.05) is 5.56 Å². The highest BCUT2D eigenvalue weighted by molar-refractivity contribution is 7.98. The number of amides is 2. The van der Waals surface area contributed by atoms with E-state index in [2.05, 4.69) is 22.8 Å². The van der Waals surface area contributed by atoms with Crippen molar-refractivity contribution >= 4 is 23.6 Å². The van der Waals surface area contributed by atoms with Crippen LogP contribution in [0.4, 0.5) is 0 Å². The van der Waals surface area contributed by atoms with Gasteiger partial charge in [0.05, 0.1) is 6.54 Å². The molecule has 1 atom stereocenters. The third-order valence-corrected chi connectivity index (χ3v) is 5.90. The van der Waals surface area contributed by atoms with E-state index < -0.39 is 6.04 Å². The van der Waals surface area contributed by atoms with Gasteiger partial charge in [-0.25, -0.2) is 0 Å². The topological polar surface area (TPSA) is 67.4 Å². The molecule has 30 heavy (non-hydrogen) atoms. The van der Waals surface area contributed by atoms with Crippen LogP contribution in [-0.4, -0.2) is 43.0 Å². The second-order valence-corrected chi connectivity index (χ2v) is 8.59. The highest BCUT2D eigenvalue weighted by atomic mass is 32.2. The van der Waals surface area contributed by atoms with Crippen LogP contribution in [0.25, 0.3) is 0 Å². The Morgan fingerprint density at radius 1 is 1.13 bits per heavy atom. The highest BCUT2D eigenvalue weighted by Crippen LogP contribution is 2.25. The minimum absolute atomic E-state index is 0.178. The van der Waals surface area contributed by atoms with Gasteiger partial charge in [-0.15, -0.1) is 0 Å². The number of hydrogen-bond donors (Lipinski definition) is 2. The second kappa shape index (κ2) is 11.1. The summed E-state index contributed by atoms with van der Waals surface area (Å²) in [6.07, 6.45) is 6.04. The third-order valence-electron chi connectivity index (χ3n) is 5.25. The molecular weight excluding hydrogens is 396 g/mol. The molecule has 0 aromatic heterocycles. The first kappa shape index (κ1) is 22.2. The Morgan fingerprint density at radius 2 is 1.97 bits per heavy atom. The number of nitrogens with one attached hydrogen (secondary N) is 2. The molecule has 2 aromatic rings. The number of carbonyl (C=O) groups excluding carboxylic acids is 2. The van der Waals surface area contributed by atoms with E-state index in [0.29, 0.717) is 25.1 Å². The molecule has 0 spiro atoms. The van der Waals surface area contributed by atoms with Crippen molar-refractivity contribution in [2.45, 2.75) is 38.6 Å². The maximum atomic E-state index is 12.7. The van der Waals surface area contributed by atoms with Gasteiger partial charge in [-0.1, -0.05) is 23.8 Å². The number of benzene rings is 2. The van der Waals surface area contributed by atoms with Crippen molar-refractivity contribution in [3.63, 3.8) is 0 Å². The lowest BCUT2D eigenvalue weighted by molar-refractivity contribution is -0.123. The van der Waals surface area contributed by atoms with Gasteiger partial charge >= 0.3 is 0 Å². The highest BCUT2D eigenvalue weighted by Gasteiger charge is 2.21. The molecule has 160 valence electrons. The van der Waals surface area contributed by atoms with Crippen LogP contribution >= 0.6 is 11.8 Å². The standard InChI is InChI=1S/C24H30N2O3S/c1-17-5-3-8-20(15-17)23(27)26-22(11-14-30-2)24(28)25-12-13-29-21-10-9-18-6-4-7-19(18)16-21/h3,5,8-10,15-16,22H,4,6-7,11-14H2,1-2H3,(H,25,28)(H,26,27). The molecule has 6 heteroatoms. The van der Waals surface area contributed by atoms with E-state index in [1.54, 1.807) is 17.8 Å². The van der Waals surface area contributed by atoms with Crippen LogP contribution in [-0.2, 0) is 17.6 Å². The normalized spacial score (nSPS) is 13.4. The molecule has 0 aliphatic heterocycles. The maximum Gasteiger partial charge on any atom is 0.251 e. The first-order valence-electron chi connectivity index (χ1n) is 10.5. The Labute approximate surface area is 183 Å². The fourth-order valence-corrected chi connectivity index (χ4v) is 4.11. The SMILES string of the molecule is CSCCC(NC(=O)c1cccc(C)c1)C(=O)NCCOc1ccc2c(c1)CCC2. The summed E-state index contributed by atoms with van der Waals surface area (Å²) >= 11 is 1.65. The fourth-order valence-electron chi connectivity index (χ4n) is 3.64. The zero-order valence-electron chi connectivity index (χ0n) is 17.7. The summed E-state index contributed by atoms with van der Waals surface area (Å²) < 4.78 is 5.80. The van der Waals surface area contributed by atoms with E-state index in [1.165, 1.54) is 17.5 Å². The van der Waals surface area contributed by atoms with Gasteiger partial charge in [-0.2, -0.15) is 11.8 Å². The number of aryl methyl sites for hydroxylation is 3. The Hall–Kier alpha value is -2.47. The molecule has 1 aliphatic rings. The van der Waals surface area contributed by atoms with Crippen molar-refractivity contribution in [3.8, 4) is 5.75 Å². The largest absolute Gasteiger partial charge is 0.492 e. The molecule has 3 rings (SSSR count). The molecule has 0 saturated carbocycles. The molecule has 0 radical (unpaired) electrons. The second-order valence-electron chi connectivity index (χ2n) is 7.60. The molecule has 2 N–H and O–H groups in total. The first-order chi connectivity index (χ1) is 14.6. The van der Waals surface area contributed by atoms with Gasteiger partial charge < -0.3 is 15.4 Å². The Bertz CT molecular complexity index is 885. The van der Waals surface area contributed by atoms with E-state index in [-0.39, 0.29) is 11.8 Å². The lowest BCUT2D eigenvalue weighted by atomic mass is 10.1. The van der Waals surface area contributed by atoms with Gasteiger partial charge in [0.15, 0.2) is 0 Å². The average Bonchev–Trinajstić information content (AvgIpc) is 3.21. The van der Waals surface area contributed by atoms with Crippen molar-refractivity contribution in [2.75, 3.05) is 25.2 Å². The summed E-state index contributed by atoms with van der Waals surface area (Å²) in [5, 5.41) is 5.77. The Morgan fingerprint density at radius 3 is 2.77 bits per heavy atom. The summed E-state index contributed by atoms with van der Waals surface area (Å²) in [7, 11) is 0. The van der Waals surface area contributed by atoms with Gasteiger partial charge in [-0.05, 0) is 80.0 Å². The van der Waals surface area contributed by atoms with E-state index in [9.17, 15) is 9.59 Å². The van der Waals surface area contributed by atoms with Crippen LogP contribution in [0.1, 0.15) is 39.9 Å². The van der Waals surface area contributed by atoms with Crippen molar-refractivity contribution in [1.82, 2.24) is 10.6 Å². The molecule has 2 amide bonds. The lowest BCUT2D eigenvalue weighted by Gasteiger charge is -2.18. The van der Waals surface area contributed by atoms with Crippen LogP contribution in [0.15, 0.2) is 42.5 Å². The molecular formula is C24H30N2O3S. The van der Waals surface area contributed by atoms with Crippen LogP contribution < -0.4 is 15.4 Å². The Kier molecular flexibility index (Phi) is 8.20. The summed E-state index contributed by atoms with van der Waals surface area (Å²) in [6, 6.07) is 13.0. The molecule has 1 unspecified atom stereocenters. The number of thioether (sulfide) groups is 1. The van der Waals surface area contributed by atoms with Crippen molar-refractivity contribution in [3.05, 3.63) is 64.7 Å². The lowest BCUT2D eigenvalue weighted by Crippen LogP contribution is -2.47.